The van der Waals surface area contributed by atoms with Crippen molar-refractivity contribution in [1.82, 2.24) is 15.1 Å². The normalized spacial score (nSPS) is 24.5. The summed E-state index contributed by atoms with van der Waals surface area (Å²) >= 11 is 1.91. The number of thioether (sulfide) groups is 1. The van der Waals surface area contributed by atoms with Crippen molar-refractivity contribution in [3.63, 3.8) is 0 Å². The van der Waals surface area contributed by atoms with Gasteiger partial charge in [0, 0.05) is 31.0 Å². The fraction of sp³-hybridized carbons (Fsp3) is 0.750. The van der Waals surface area contributed by atoms with Crippen LogP contribution in [0.4, 0.5) is 0 Å². The Bertz CT molecular complexity index is 391. The first-order chi connectivity index (χ1) is 8.13. The number of aromatic nitrogens is 2. The van der Waals surface area contributed by atoms with Gasteiger partial charge < -0.3 is 10.1 Å². The minimum absolute atomic E-state index is 0.345. The molecule has 0 spiro atoms. The predicted octanol–water partition coefficient (Wildman–Crippen LogP) is 1.72. The Kier molecular flexibility index (Phi) is 4.12. The van der Waals surface area contributed by atoms with Gasteiger partial charge in [-0.1, -0.05) is 0 Å². The lowest BCUT2D eigenvalue weighted by molar-refractivity contribution is 0.127. The number of nitrogens with zero attached hydrogens (tertiary/aromatic N) is 2. The first kappa shape index (κ1) is 12.9. The van der Waals surface area contributed by atoms with Crippen molar-refractivity contribution >= 4 is 11.8 Å². The molecule has 96 valence electrons. The van der Waals surface area contributed by atoms with Gasteiger partial charge in [0.2, 0.25) is 0 Å². The second-order valence-corrected chi connectivity index (χ2v) is 5.77. The van der Waals surface area contributed by atoms with E-state index in [2.05, 4.69) is 24.3 Å². The zero-order chi connectivity index (χ0) is 12.4. The van der Waals surface area contributed by atoms with Gasteiger partial charge in [-0.15, -0.1) is 11.8 Å². The SMILES string of the molecule is CNCc1c(C)nn(C)c1SC1CCOC1C. The fourth-order valence-electron chi connectivity index (χ4n) is 2.22. The van der Waals surface area contributed by atoms with Crippen LogP contribution >= 0.6 is 11.8 Å². The van der Waals surface area contributed by atoms with Gasteiger partial charge >= 0.3 is 0 Å². The highest BCUT2D eigenvalue weighted by atomic mass is 32.2. The van der Waals surface area contributed by atoms with Gasteiger partial charge in [0.15, 0.2) is 0 Å². The lowest BCUT2D eigenvalue weighted by Gasteiger charge is -2.14. The van der Waals surface area contributed by atoms with Gasteiger partial charge in [0.25, 0.3) is 0 Å². The summed E-state index contributed by atoms with van der Waals surface area (Å²) in [5.41, 5.74) is 2.44. The van der Waals surface area contributed by atoms with Crippen molar-refractivity contribution in [2.24, 2.45) is 7.05 Å². The van der Waals surface area contributed by atoms with Crippen LogP contribution < -0.4 is 5.32 Å². The van der Waals surface area contributed by atoms with Crippen molar-refractivity contribution < 1.29 is 4.74 Å². The van der Waals surface area contributed by atoms with Crippen molar-refractivity contribution in [1.29, 1.82) is 0 Å². The third-order valence-electron chi connectivity index (χ3n) is 3.21. The zero-order valence-electron chi connectivity index (χ0n) is 11.0. The molecule has 0 aliphatic carbocycles. The molecule has 17 heavy (non-hydrogen) atoms. The van der Waals surface area contributed by atoms with Crippen LogP contribution in [0.3, 0.4) is 0 Å². The highest BCUT2D eigenvalue weighted by Crippen LogP contribution is 2.35. The average molecular weight is 255 g/mol. The quantitative estimate of drug-likeness (QED) is 0.889. The smallest absolute Gasteiger partial charge is 0.0988 e. The first-order valence-electron chi connectivity index (χ1n) is 6.08. The average Bonchev–Trinajstić information content (AvgIpc) is 2.78. The summed E-state index contributed by atoms with van der Waals surface area (Å²) < 4.78 is 7.62. The van der Waals surface area contributed by atoms with Crippen LogP contribution in [0.5, 0.6) is 0 Å². The number of aryl methyl sites for hydroxylation is 2. The molecular formula is C12H21N3OS. The molecule has 1 saturated heterocycles. The summed E-state index contributed by atoms with van der Waals surface area (Å²) in [7, 11) is 4.00. The van der Waals surface area contributed by atoms with E-state index in [0.29, 0.717) is 11.4 Å². The molecule has 2 unspecified atom stereocenters. The van der Waals surface area contributed by atoms with E-state index in [1.165, 1.54) is 10.6 Å². The van der Waals surface area contributed by atoms with E-state index in [4.69, 9.17) is 4.74 Å². The summed E-state index contributed by atoms with van der Waals surface area (Å²) in [6.45, 7) is 6.00. The van der Waals surface area contributed by atoms with Crippen LogP contribution in [-0.2, 0) is 18.3 Å². The summed E-state index contributed by atoms with van der Waals surface area (Å²) in [4.78, 5) is 0. The van der Waals surface area contributed by atoms with Gasteiger partial charge in [-0.2, -0.15) is 5.10 Å². The molecule has 5 heteroatoms. The molecule has 1 aromatic rings. The van der Waals surface area contributed by atoms with Crippen molar-refractivity contribution in [2.45, 2.75) is 43.2 Å². The largest absolute Gasteiger partial charge is 0.377 e. The van der Waals surface area contributed by atoms with Crippen molar-refractivity contribution in [3.05, 3.63) is 11.3 Å². The van der Waals surface area contributed by atoms with Gasteiger partial charge in [-0.05, 0) is 27.3 Å². The molecule has 4 nitrogen and oxygen atoms in total. The van der Waals surface area contributed by atoms with Gasteiger partial charge in [-0.25, -0.2) is 0 Å². The maximum atomic E-state index is 5.62. The Morgan fingerprint density at radius 1 is 1.59 bits per heavy atom. The van der Waals surface area contributed by atoms with E-state index in [1.54, 1.807) is 0 Å². The molecule has 2 atom stereocenters. The van der Waals surface area contributed by atoms with Gasteiger partial charge in [-0.3, -0.25) is 4.68 Å². The highest BCUT2D eigenvalue weighted by molar-refractivity contribution is 8.00. The molecule has 1 aliphatic rings. The Labute approximate surface area is 107 Å². The minimum Gasteiger partial charge on any atom is -0.377 e. The third kappa shape index (κ3) is 2.67. The molecule has 0 radical (unpaired) electrons. The van der Waals surface area contributed by atoms with Crippen LogP contribution in [0.1, 0.15) is 24.6 Å². The molecule has 0 amide bonds. The van der Waals surface area contributed by atoms with E-state index in [1.807, 2.05) is 30.5 Å². The van der Waals surface area contributed by atoms with Crippen LogP contribution in [0.15, 0.2) is 5.03 Å². The molecule has 1 aromatic heterocycles. The lowest BCUT2D eigenvalue weighted by atomic mass is 10.2. The van der Waals surface area contributed by atoms with E-state index >= 15 is 0 Å². The fourth-order valence-corrected chi connectivity index (χ4v) is 3.55. The van der Waals surface area contributed by atoms with E-state index < -0.39 is 0 Å². The summed E-state index contributed by atoms with van der Waals surface area (Å²) in [6.07, 6.45) is 1.48. The Hall–Kier alpha value is -0.520. The monoisotopic (exact) mass is 255 g/mol. The molecule has 1 aliphatic heterocycles. The molecular weight excluding hydrogens is 234 g/mol. The standard InChI is InChI=1S/C12H21N3OS/c1-8-10(7-13-3)12(15(4)14-8)17-11-5-6-16-9(11)2/h9,11,13H,5-7H2,1-4H3. The maximum absolute atomic E-state index is 5.62. The van der Waals surface area contributed by atoms with Crippen LogP contribution in [0, 0.1) is 6.92 Å². The second-order valence-electron chi connectivity index (χ2n) is 4.54. The molecule has 2 rings (SSSR count). The molecule has 1 N–H and O–H groups in total. The molecule has 2 heterocycles. The van der Waals surface area contributed by atoms with Crippen molar-refractivity contribution in [3.8, 4) is 0 Å². The topological polar surface area (TPSA) is 39.1 Å². The summed E-state index contributed by atoms with van der Waals surface area (Å²) in [6, 6.07) is 0. The first-order valence-corrected chi connectivity index (χ1v) is 6.96. The van der Waals surface area contributed by atoms with Gasteiger partial charge in [0.05, 0.1) is 16.8 Å². The predicted molar refractivity (Wildman–Crippen MR) is 70.4 cm³/mol. The number of hydrogen-bond donors (Lipinski definition) is 1. The van der Waals surface area contributed by atoms with E-state index in [0.717, 1.165) is 25.3 Å². The zero-order valence-corrected chi connectivity index (χ0v) is 11.8. The Balaban J connectivity index is 2.18. The Morgan fingerprint density at radius 3 is 2.94 bits per heavy atom. The third-order valence-corrected chi connectivity index (χ3v) is 4.87. The van der Waals surface area contributed by atoms with Crippen LogP contribution in [0.25, 0.3) is 0 Å². The summed E-state index contributed by atoms with van der Waals surface area (Å²) in [5, 5.41) is 9.56. The molecule has 0 bridgehead atoms. The highest BCUT2D eigenvalue weighted by Gasteiger charge is 2.27. The number of rotatable bonds is 4. The molecule has 0 saturated carbocycles. The molecule has 1 fully saturated rings. The summed E-state index contributed by atoms with van der Waals surface area (Å²) in [5.74, 6) is 0. The number of nitrogens with one attached hydrogen (secondary N) is 1. The minimum atomic E-state index is 0.345. The van der Waals surface area contributed by atoms with E-state index in [-0.39, 0.29) is 0 Å². The number of ether oxygens (including phenoxy) is 1. The second kappa shape index (κ2) is 5.42. The van der Waals surface area contributed by atoms with Gasteiger partial charge in [0.1, 0.15) is 0 Å². The van der Waals surface area contributed by atoms with Crippen molar-refractivity contribution in [2.75, 3.05) is 13.7 Å². The maximum Gasteiger partial charge on any atom is 0.0988 e. The van der Waals surface area contributed by atoms with Crippen LogP contribution in [-0.4, -0.2) is 34.8 Å². The molecule has 0 aromatic carbocycles. The number of hydrogen-bond acceptors (Lipinski definition) is 4. The van der Waals surface area contributed by atoms with Crippen LogP contribution in [0.2, 0.25) is 0 Å². The Morgan fingerprint density at radius 2 is 2.35 bits per heavy atom. The van der Waals surface area contributed by atoms with E-state index in [9.17, 15) is 0 Å². The lowest BCUT2D eigenvalue weighted by Crippen LogP contribution is -2.15.